The summed E-state index contributed by atoms with van der Waals surface area (Å²) in [5.41, 5.74) is 2.01. The van der Waals surface area contributed by atoms with Gasteiger partial charge in [0.05, 0.1) is 15.5 Å². The first kappa shape index (κ1) is 21.0. The highest BCUT2D eigenvalue weighted by atomic mass is 32.2. The number of sulfone groups is 2. The zero-order valence-electron chi connectivity index (χ0n) is 17.0. The second kappa shape index (κ2) is 7.91. The SMILES string of the molecule is O=S1(=O)CC(S(=O)(=O)c2ccccc2)c2c(CNCc3ccc4c(c3)OCO4)cccc21. The van der Waals surface area contributed by atoms with Gasteiger partial charge in [-0.3, -0.25) is 0 Å². The van der Waals surface area contributed by atoms with Gasteiger partial charge in [0.2, 0.25) is 6.79 Å². The number of benzene rings is 3. The van der Waals surface area contributed by atoms with E-state index in [9.17, 15) is 16.8 Å². The summed E-state index contributed by atoms with van der Waals surface area (Å²) >= 11 is 0. The van der Waals surface area contributed by atoms with Crippen molar-refractivity contribution in [2.45, 2.75) is 28.1 Å². The van der Waals surface area contributed by atoms with Crippen LogP contribution in [0.4, 0.5) is 0 Å². The van der Waals surface area contributed by atoms with Crippen LogP contribution in [0.3, 0.4) is 0 Å². The molecule has 0 fully saturated rings. The summed E-state index contributed by atoms with van der Waals surface area (Å²) in [7, 11) is -7.56. The predicted molar refractivity (Wildman–Crippen MR) is 118 cm³/mol. The van der Waals surface area contributed by atoms with Crippen molar-refractivity contribution in [1.29, 1.82) is 0 Å². The summed E-state index contributed by atoms with van der Waals surface area (Å²) in [6.07, 6.45) is 0. The summed E-state index contributed by atoms with van der Waals surface area (Å²) in [5, 5.41) is 2.16. The third-order valence-corrected chi connectivity index (χ3v) is 9.80. The minimum absolute atomic E-state index is 0.101. The summed E-state index contributed by atoms with van der Waals surface area (Å²) in [4.78, 5) is 0.223. The van der Waals surface area contributed by atoms with Gasteiger partial charge in [0.1, 0.15) is 5.25 Å². The van der Waals surface area contributed by atoms with Crippen molar-refractivity contribution in [3.8, 4) is 11.5 Å². The van der Waals surface area contributed by atoms with Gasteiger partial charge in [-0.15, -0.1) is 0 Å². The Balaban J connectivity index is 1.43. The Hall–Kier alpha value is -2.88. The molecule has 2 aliphatic rings. The highest BCUT2D eigenvalue weighted by Crippen LogP contribution is 2.43. The molecular weight excluding hydrogens is 450 g/mol. The lowest BCUT2D eigenvalue weighted by Gasteiger charge is -2.16. The van der Waals surface area contributed by atoms with E-state index in [4.69, 9.17) is 9.47 Å². The Morgan fingerprint density at radius 3 is 2.50 bits per heavy atom. The molecule has 0 aliphatic carbocycles. The number of nitrogens with one attached hydrogen (secondary N) is 1. The largest absolute Gasteiger partial charge is 0.454 e. The molecule has 0 amide bonds. The fraction of sp³-hybridized carbons (Fsp3) is 0.217. The first-order valence-electron chi connectivity index (χ1n) is 10.1. The lowest BCUT2D eigenvalue weighted by atomic mass is 10.0. The molecule has 9 heteroatoms. The molecule has 2 aliphatic heterocycles. The van der Waals surface area contributed by atoms with E-state index in [1.165, 1.54) is 18.2 Å². The van der Waals surface area contributed by atoms with E-state index in [1.54, 1.807) is 30.3 Å². The van der Waals surface area contributed by atoms with Gasteiger partial charge in [-0.05, 0) is 47.0 Å². The van der Waals surface area contributed by atoms with Gasteiger partial charge in [-0.25, -0.2) is 16.8 Å². The molecule has 0 spiro atoms. The van der Waals surface area contributed by atoms with Gasteiger partial charge in [0.25, 0.3) is 0 Å². The highest BCUT2D eigenvalue weighted by molar-refractivity contribution is 7.96. The maximum Gasteiger partial charge on any atom is 0.231 e. The van der Waals surface area contributed by atoms with Gasteiger partial charge >= 0.3 is 0 Å². The van der Waals surface area contributed by atoms with E-state index in [-0.39, 0.29) is 16.6 Å². The fourth-order valence-electron chi connectivity index (χ4n) is 4.16. The molecular formula is C23H21NO6S2. The quantitative estimate of drug-likeness (QED) is 0.590. The van der Waals surface area contributed by atoms with Gasteiger partial charge in [-0.2, -0.15) is 0 Å². The Morgan fingerprint density at radius 1 is 0.906 bits per heavy atom. The zero-order chi connectivity index (χ0) is 22.3. The first-order valence-corrected chi connectivity index (χ1v) is 13.3. The highest BCUT2D eigenvalue weighted by Gasteiger charge is 2.44. The van der Waals surface area contributed by atoms with Crippen molar-refractivity contribution < 1.29 is 26.3 Å². The maximum atomic E-state index is 13.3. The minimum atomic E-state index is -3.87. The van der Waals surface area contributed by atoms with Gasteiger partial charge < -0.3 is 14.8 Å². The van der Waals surface area contributed by atoms with Crippen molar-refractivity contribution in [2.75, 3.05) is 12.5 Å². The minimum Gasteiger partial charge on any atom is -0.454 e. The molecule has 166 valence electrons. The molecule has 1 N–H and O–H groups in total. The molecule has 5 rings (SSSR count). The van der Waals surface area contributed by atoms with Crippen molar-refractivity contribution in [3.05, 3.63) is 83.4 Å². The Kier molecular flexibility index (Phi) is 5.19. The zero-order valence-corrected chi connectivity index (χ0v) is 18.7. The van der Waals surface area contributed by atoms with E-state index < -0.39 is 30.7 Å². The molecule has 0 radical (unpaired) electrons. The van der Waals surface area contributed by atoms with E-state index in [0.29, 0.717) is 35.7 Å². The van der Waals surface area contributed by atoms with Crippen LogP contribution in [0.5, 0.6) is 11.5 Å². The molecule has 2 heterocycles. The van der Waals surface area contributed by atoms with Crippen molar-refractivity contribution in [3.63, 3.8) is 0 Å². The maximum absolute atomic E-state index is 13.3. The molecule has 0 saturated carbocycles. The number of ether oxygens (including phenoxy) is 2. The fourth-order valence-corrected chi connectivity index (χ4v) is 8.59. The third-order valence-electron chi connectivity index (χ3n) is 5.71. The molecule has 0 saturated heterocycles. The lowest BCUT2D eigenvalue weighted by Crippen LogP contribution is -2.19. The molecule has 7 nitrogen and oxygen atoms in total. The normalized spacial score (nSPS) is 18.4. The molecule has 3 aromatic rings. The van der Waals surface area contributed by atoms with E-state index in [0.717, 1.165) is 5.56 Å². The van der Waals surface area contributed by atoms with Crippen LogP contribution in [-0.4, -0.2) is 29.4 Å². The average Bonchev–Trinajstić information content (AvgIpc) is 3.37. The standard InChI is InChI=1S/C23H21NO6S2/c25-31(26)14-22(32(27,28)18-6-2-1-3-7-18)23-17(5-4-8-21(23)31)13-24-12-16-9-10-19-20(11-16)30-15-29-19/h1-11,22,24H,12-15H2. The Bertz CT molecular complexity index is 1390. The van der Waals surface area contributed by atoms with Crippen LogP contribution in [0, 0.1) is 0 Å². The lowest BCUT2D eigenvalue weighted by molar-refractivity contribution is 0.174. The topological polar surface area (TPSA) is 98.8 Å². The summed E-state index contributed by atoms with van der Waals surface area (Å²) in [6, 6.07) is 18.6. The van der Waals surface area contributed by atoms with E-state index in [2.05, 4.69) is 5.32 Å². The smallest absolute Gasteiger partial charge is 0.231 e. The molecule has 32 heavy (non-hydrogen) atoms. The number of fused-ring (bicyclic) bond motifs is 2. The number of hydrogen-bond acceptors (Lipinski definition) is 7. The molecule has 1 unspecified atom stereocenters. The van der Waals surface area contributed by atoms with Crippen molar-refractivity contribution in [1.82, 2.24) is 5.32 Å². The number of rotatable bonds is 6. The first-order chi connectivity index (χ1) is 15.4. The van der Waals surface area contributed by atoms with Gasteiger partial charge in [0.15, 0.2) is 31.2 Å². The third kappa shape index (κ3) is 3.66. The van der Waals surface area contributed by atoms with Crippen LogP contribution in [0.2, 0.25) is 0 Å². The van der Waals surface area contributed by atoms with Crippen LogP contribution in [-0.2, 0) is 32.8 Å². The van der Waals surface area contributed by atoms with Crippen LogP contribution in [0.25, 0.3) is 0 Å². The monoisotopic (exact) mass is 471 g/mol. The Labute approximate surface area is 186 Å². The molecule has 0 bridgehead atoms. The van der Waals surface area contributed by atoms with Crippen molar-refractivity contribution >= 4 is 19.7 Å². The van der Waals surface area contributed by atoms with Gasteiger partial charge in [0, 0.05) is 13.1 Å². The van der Waals surface area contributed by atoms with E-state index >= 15 is 0 Å². The summed E-state index contributed by atoms with van der Waals surface area (Å²) in [5.74, 6) is 0.942. The van der Waals surface area contributed by atoms with Crippen LogP contribution in [0.1, 0.15) is 21.9 Å². The van der Waals surface area contributed by atoms with Crippen LogP contribution in [0.15, 0.2) is 76.5 Å². The van der Waals surface area contributed by atoms with Crippen LogP contribution < -0.4 is 14.8 Å². The summed E-state index contributed by atoms with van der Waals surface area (Å²) in [6.45, 7) is 1.03. The summed E-state index contributed by atoms with van der Waals surface area (Å²) < 4.78 is 63.0. The van der Waals surface area contributed by atoms with E-state index in [1.807, 2.05) is 18.2 Å². The van der Waals surface area contributed by atoms with Crippen molar-refractivity contribution in [2.24, 2.45) is 0 Å². The number of hydrogen-bond donors (Lipinski definition) is 1. The van der Waals surface area contributed by atoms with Gasteiger partial charge in [-0.1, -0.05) is 36.4 Å². The Morgan fingerprint density at radius 2 is 1.69 bits per heavy atom. The molecule has 0 aromatic heterocycles. The second-order valence-electron chi connectivity index (χ2n) is 7.75. The van der Waals surface area contributed by atoms with Crippen LogP contribution >= 0.6 is 0 Å². The second-order valence-corrected chi connectivity index (χ2v) is 11.9. The molecule has 3 aromatic carbocycles. The predicted octanol–water partition coefficient (Wildman–Crippen LogP) is 3.01. The molecule has 1 atom stereocenters. The average molecular weight is 472 g/mol.